The van der Waals surface area contributed by atoms with Crippen LogP contribution in [0, 0.1) is 0 Å². The lowest BCUT2D eigenvalue weighted by atomic mass is 9.61. The number of hydrogen-bond acceptors (Lipinski definition) is 1. The standard InChI is InChI=1S/C63H53N/c1-61(2)40-41-62(3,4)60-53(33-21-35-57(60)61)55-42-54-52-32-19-20-34-56(52)63(46-24-11-6-12-25-46,47-26-13-7-14-27-47)58(54)43-59(55)64(48-28-15-8-16-29-48)49-38-36-45(37-39-49)51-31-18-17-30-50(51)44-22-9-5-10-23-44/h5-39,42-43H,40-41H2,1-4H3. The molecule has 0 saturated heterocycles. The summed E-state index contributed by atoms with van der Waals surface area (Å²) in [5.74, 6) is 0. The van der Waals surface area contributed by atoms with Crippen molar-refractivity contribution in [1.82, 2.24) is 0 Å². The Morgan fingerprint density at radius 1 is 0.328 bits per heavy atom. The van der Waals surface area contributed by atoms with E-state index in [1.54, 1.807) is 0 Å². The molecule has 64 heavy (non-hydrogen) atoms. The van der Waals surface area contributed by atoms with Gasteiger partial charge in [-0.25, -0.2) is 0 Å². The van der Waals surface area contributed by atoms with E-state index in [-0.39, 0.29) is 10.8 Å². The van der Waals surface area contributed by atoms with Crippen LogP contribution in [0.3, 0.4) is 0 Å². The van der Waals surface area contributed by atoms with E-state index in [1.807, 2.05) is 0 Å². The Balaban J connectivity index is 1.23. The number of rotatable bonds is 8. The van der Waals surface area contributed by atoms with E-state index in [1.165, 1.54) is 83.6 Å². The van der Waals surface area contributed by atoms with E-state index >= 15 is 0 Å². The Hall–Kier alpha value is -7.22. The molecule has 0 bridgehead atoms. The molecule has 9 aromatic rings. The smallest absolute Gasteiger partial charge is 0.0714 e. The highest BCUT2D eigenvalue weighted by molar-refractivity contribution is 5.98. The summed E-state index contributed by atoms with van der Waals surface area (Å²) in [6.45, 7) is 9.80. The number of hydrogen-bond donors (Lipinski definition) is 0. The summed E-state index contributed by atoms with van der Waals surface area (Å²) in [4.78, 5) is 2.52. The van der Waals surface area contributed by atoms with Crippen molar-refractivity contribution < 1.29 is 0 Å². The lowest BCUT2D eigenvalue weighted by Crippen LogP contribution is -2.34. The van der Waals surface area contributed by atoms with Crippen molar-refractivity contribution in [2.75, 3.05) is 4.90 Å². The van der Waals surface area contributed by atoms with Gasteiger partial charge in [-0.15, -0.1) is 0 Å². The average Bonchev–Trinajstić information content (AvgIpc) is 3.64. The van der Waals surface area contributed by atoms with Gasteiger partial charge >= 0.3 is 0 Å². The second-order valence-electron chi connectivity index (χ2n) is 19.1. The molecule has 310 valence electrons. The van der Waals surface area contributed by atoms with E-state index in [4.69, 9.17) is 0 Å². The van der Waals surface area contributed by atoms with Gasteiger partial charge in [0.2, 0.25) is 0 Å². The molecular weight excluding hydrogens is 771 g/mol. The van der Waals surface area contributed by atoms with Gasteiger partial charge in [0.1, 0.15) is 0 Å². The van der Waals surface area contributed by atoms with Gasteiger partial charge in [0.15, 0.2) is 0 Å². The summed E-state index contributed by atoms with van der Waals surface area (Å²) >= 11 is 0. The Kier molecular flexibility index (Phi) is 9.62. The van der Waals surface area contributed by atoms with E-state index in [0.717, 1.165) is 24.2 Å². The molecule has 2 aliphatic rings. The van der Waals surface area contributed by atoms with Gasteiger partial charge in [-0.05, 0) is 132 Å². The number of fused-ring (bicyclic) bond motifs is 4. The second-order valence-corrected chi connectivity index (χ2v) is 19.1. The van der Waals surface area contributed by atoms with Crippen LogP contribution in [0.2, 0.25) is 0 Å². The molecular formula is C63H53N. The molecule has 0 fully saturated rings. The quantitative estimate of drug-likeness (QED) is 0.148. The second kappa shape index (κ2) is 15.5. The molecule has 0 aromatic heterocycles. The SMILES string of the molecule is CC1(C)CCC(C)(C)c2c(-c3cc4c(cc3N(c3ccccc3)c3ccc(-c5ccccc5-c5ccccc5)cc3)C(c3ccccc3)(c3ccccc3)c3ccccc3-4)cccc21. The lowest BCUT2D eigenvalue weighted by Gasteiger charge is -2.43. The van der Waals surface area contributed by atoms with Gasteiger partial charge in [-0.2, -0.15) is 0 Å². The summed E-state index contributed by atoms with van der Waals surface area (Å²) in [5.41, 5.74) is 20.9. The van der Waals surface area contributed by atoms with Gasteiger partial charge in [0, 0.05) is 16.9 Å². The molecule has 2 aliphatic carbocycles. The summed E-state index contributed by atoms with van der Waals surface area (Å²) < 4.78 is 0. The highest BCUT2D eigenvalue weighted by atomic mass is 15.1. The van der Waals surface area contributed by atoms with Crippen LogP contribution in [0.1, 0.15) is 73.9 Å². The van der Waals surface area contributed by atoms with Crippen LogP contribution < -0.4 is 4.90 Å². The van der Waals surface area contributed by atoms with Gasteiger partial charge < -0.3 is 4.90 Å². The lowest BCUT2D eigenvalue weighted by molar-refractivity contribution is 0.333. The third-order valence-corrected chi connectivity index (χ3v) is 14.4. The molecule has 11 rings (SSSR count). The molecule has 1 nitrogen and oxygen atoms in total. The van der Waals surface area contributed by atoms with Crippen molar-refractivity contribution in [2.45, 2.75) is 56.8 Å². The number of nitrogens with zero attached hydrogens (tertiary/aromatic N) is 1. The van der Waals surface area contributed by atoms with Crippen LogP contribution >= 0.6 is 0 Å². The van der Waals surface area contributed by atoms with Gasteiger partial charge in [0.05, 0.1) is 11.1 Å². The maximum Gasteiger partial charge on any atom is 0.0714 e. The number of benzene rings is 9. The normalized spacial score (nSPS) is 15.1. The zero-order valence-electron chi connectivity index (χ0n) is 37.2. The molecule has 0 heterocycles. The summed E-state index contributed by atoms with van der Waals surface area (Å²) in [5, 5.41) is 0. The van der Waals surface area contributed by atoms with Gasteiger partial charge in [-0.1, -0.05) is 216 Å². The predicted octanol–water partition coefficient (Wildman–Crippen LogP) is 16.9. The number of anilines is 3. The fraction of sp³-hybridized carbons (Fsp3) is 0.143. The van der Waals surface area contributed by atoms with Crippen molar-refractivity contribution in [1.29, 1.82) is 0 Å². The van der Waals surface area contributed by atoms with E-state index in [2.05, 4.69) is 257 Å². The van der Waals surface area contributed by atoms with E-state index in [0.29, 0.717) is 0 Å². The van der Waals surface area contributed by atoms with Crippen LogP contribution in [0.5, 0.6) is 0 Å². The van der Waals surface area contributed by atoms with Crippen LogP contribution in [-0.4, -0.2) is 0 Å². The minimum atomic E-state index is -0.549. The molecule has 0 aliphatic heterocycles. The Morgan fingerprint density at radius 3 is 1.42 bits per heavy atom. The Morgan fingerprint density at radius 2 is 0.797 bits per heavy atom. The minimum absolute atomic E-state index is 0.0150. The third-order valence-electron chi connectivity index (χ3n) is 14.4. The maximum atomic E-state index is 2.57. The molecule has 0 unspecified atom stereocenters. The van der Waals surface area contributed by atoms with E-state index in [9.17, 15) is 0 Å². The summed E-state index contributed by atoms with van der Waals surface area (Å²) in [6, 6.07) is 83.5. The Labute approximate surface area is 379 Å². The van der Waals surface area contributed by atoms with Crippen LogP contribution in [0.25, 0.3) is 44.5 Å². The number of para-hydroxylation sites is 1. The van der Waals surface area contributed by atoms with Crippen molar-refractivity contribution in [2.24, 2.45) is 0 Å². The molecule has 9 aromatic carbocycles. The summed E-state index contributed by atoms with van der Waals surface area (Å²) in [7, 11) is 0. The molecule has 0 amide bonds. The summed E-state index contributed by atoms with van der Waals surface area (Å²) in [6.07, 6.45) is 2.29. The third kappa shape index (κ3) is 6.36. The predicted molar refractivity (Wildman–Crippen MR) is 270 cm³/mol. The fourth-order valence-corrected chi connectivity index (χ4v) is 11.2. The molecule has 0 spiro atoms. The van der Waals surface area contributed by atoms with Crippen molar-refractivity contribution in [3.63, 3.8) is 0 Å². The van der Waals surface area contributed by atoms with E-state index < -0.39 is 5.41 Å². The molecule has 0 radical (unpaired) electrons. The molecule has 0 N–H and O–H groups in total. The Bertz CT molecular complexity index is 3090. The zero-order valence-corrected chi connectivity index (χ0v) is 37.2. The van der Waals surface area contributed by atoms with Crippen LogP contribution in [0.4, 0.5) is 17.1 Å². The van der Waals surface area contributed by atoms with Gasteiger partial charge in [-0.3, -0.25) is 0 Å². The van der Waals surface area contributed by atoms with Crippen molar-refractivity contribution in [3.05, 3.63) is 258 Å². The highest BCUT2D eigenvalue weighted by Crippen LogP contribution is 2.60. The molecule has 0 atom stereocenters. The van der Waals surface area contributed by atoms with Crippen LogP contribution in [0.15, 0.2) is 224 Å². The first-order valence-corrected chi connectivity index (χ1v) is 22.9. The zero-order chi connectivity index (χ0) is 43.5. The first kappa shape index (κ1) is 39.6. The molecule has 0 saturated carbocycles. The fourth-order valence-electron chi connectivity index (χ4n) is 11.2. The topological polar surface area (TPSA) is 3.24 Å². The first-order valence-electron chi connectivity index (χ1n) is 22.9. The largest absolute Gasteiger partial charge is 0.310 e. The average molecular weight is 824 g/mol. The van der Waals surface area contributed by atoms with Crippen LogP contribution in [-0.2, 0) is 16.2 Å². The van der Waals surface area contributed by atoms with Crippen molar-refractivity contribution in [3.8, 4) is 44.5 Å². The maximum absolute atomic E-state index is 2.57. The highest BCUT2D eigenvalue weighted by Gasteiger charge is 2.47. The molecule has 1 heteroatoms. The van der Waals surface area contributed by atoms with Gasteiger partial charge in [0.25, 0.3) is 0 Å². The first-order chi connectivity index (χ1) is 31.3. The minimum Gasteiger partial charge on any atom is -0.310 e. The monoisotopic (exact) mass is 823 g/mol. The van der Waals surface area contributed by atoms with Crippen molar-refractivity contribution >= 4 is 17.1 Å².